The Hall–Kier alpha value is -2.53. The Balaban J connectivity index is 1.48. The van der Waals surface area contributed by atoms with Crippen LogP contribution in [-0.2, 0) is 4.79 Å². The normalized spacial score (nSPS) is 18.8. The number of carbonyl (C=O) groups excluding carboxylic acids is 1. The van der Waals surface area contributed by atoms with Crippen molar-refractivity contribution in [3.05, 3.63) is 60.2 Å². The molecule has 2 aliphatic rings. The highest BCUT2D eigenvalue weighted by Crippen LogP contribution is 2.31. The molecule has 0 radical (unpaired) electrons. The molecule has 1 atom stereocenters. The van der Waals surface area contributed by atoms with E-state index < -0.39 is 0 Å². The van der Waals surface area contributed by atoms with Gasteiger partial charge in [0.1, 0.15) is 11.8 Å². The van der Waals surface area contributed by atoms with E-state index in [4.69, 9.17) is 4.74 Å². The Morgan fingerprint density at radius 1 is 1.00 bits per heavy atom. The summed E-state index contributed by atoms with van der Waals surface area (Å²) < 4.78 is 5.51. The van der Waals surface area contributed by atoms with Crippen LogP contribution in [-0.4, -0.2) is 50.1 Å². The number of hydrogen-bond donors (Lipinski definition) is 1. The molecule has 27 heavy (non-hydrogen) atoms. The predicted octanol–water partition coefficient (Wildman–Crippen LogP) is 2.84. The van der Waals surface area contributed by atoms with Crippen LogP contribution < -0.4 is 15.0 Å². The minimum atomic E-state index is -0.216. The molecule has 1 N–H and O–H groups in total. The van der Waals surface area contributed by atoms with E-state index in [-0.39, 0.29) is 11.9 Å². The second kappa shape index (κ2) is 8.01. The Bertz CT molecular complexity index is 768. The van der Waals surface area contributed by atoms with Crippen molar-refractivity contribution in [1.29, 1.82) is 0 Å². The molecule has 2 aromatic carbocycles. The average Bonchev–Trinajstić information content (AvgIpc) is 3.53. The van der Waals surface area contributed by atoms with Crippen molar-refractivity contribution < 1.29 is 9.53 Å². The van der Waals surface area contributed by atoms with Crippen LogP contribution in [0.5, 0.6) is 5.75 Å². The van der Waals surface area contributed by atoms with Gasteiger partial charge in [-0.3, -0.25) is 9.69 Å². The number of carbonyl (C=O) groups is 1. The minimum Gasteiger partial charge on any atom is -0.495 e. The average molecular weight is 365 g/mol. The largest absolute Gasteiger partial charge is 0.495 e. The summed E-state index contributed by atoms with van der Waals surface area (Å²) in [6.45, 7) is 3.44. The maximum atomic E-state index is 13.0. The molecule has 142 valence electrons. The number of ether oxygens (including phenoxy) is 1. The SMILES string of the molecule is COc1ccccc1N1CCN([C@H](C(=O)NC2CC2)c2ccccc2)CC1. The van der Waals surface area contributed by atoms with Gasteiger partial charge < -0.3 is 15.0 Å². The van der Waals surface area contributed by atoms with Crippen molar-refractivity contribution in [2.24, 2.45) is 0 Å². The Morgan fingerprint density at radius 3 is 2.33 bits per heavy atom. The monoisotopic (exact) mass is 365 g/mol. The summed E-state index contributed by atoms with van der Waals surface area (Å²) in [6, 6.07) is 18.4. The number of anilines is 1. The molecular formula is C22H27N3O2. The number of piperazine rings is 1. The molecule has 0 bridgehead atoms. The number of methoxy groups -OCH3 is 1. The zero-order valence-electron chi connectivity index (χ0n) is 15.8. The van der Waals surface area contributed by atoms with Gasteiger partial charge in [-0.25, -0.2) is 0 Å². The number of hydrogen-bond acceptors (Lipinski definition) is 4. The van der Waals surface area contributed by atoms with Crippen molar-refractivity contribution in [3.63, 3.8) is 0 Å². The van der Waals surface area contributed by atoms with Gasteiger partial charge in [-0.05, 0) is 30.5 Å². The van der Waals surface area contributed by atoms with E-state index in [1.807, 2.05) is 36.4 Å². The predicted molar refractivity (Wildman–Crippen MR) is 107 cm³/mol. The summed E-state index contributed by atoms with van der Waals surface area (Å²) in [7, 11) is 1.71. The first-order chi connectivity index (χ1) is 13.3. The van der Waals surface area contributed by atoms with Crippen molar-refractivity contribution in [3.8, 4) is 5.75 Å². The second-order valence-electron chi connectivity index (χ2n) is 7.29. The van der Waals surface area contributed by atoms with Gasteiger partial charge in [-0.1, -0.05) is 42.5 Å². The number of rotatable bonds is 6. The summed E-state index contributed by atoms with van der Waals surface area (Å²) in [5, 5.41) is 3.20. The number of nitrogens with zero attached hydrogens (tertiary/aromatic N) is 2. The maximum absolute atomic E-state index is 13.0. The highest BCUT2D eigenvalue weighted by Gasteiger charge is 2.34. The lowest BCUT2D eigenvalue weighted by atomic mass is 10.0. The van der Waals surface area contributed by atoms with E-state index in [0.717, 1.165) is 56.0 Å². The van der Waals surface area contributed by atoms with Gasteiger partial charge >= 0.3 is 0 Å². The minimum absolute atomic E-state index is 0.134. The molecule has 2 aromatic rings. The Kier molecular flexibility index (Phi) is 5.30. The first-order valence-electron chi connectivity index (χ1n) is 9.73. The molecule has 1 heterocycles. The third-order valence-corrected chi connectivity index (χ3v) is 5.39. The van der Waals surface area contributed by atoms with Crippen molar-refractivity contribution in [2.45, 2.75) is 24.9 Å². The standard InChI is InChI=1S/C22H27N3O2/c1-27-20-10-6-5-9-19(20)24-13-15-25(16-14-24)21(17-7-3-2-4-8-17)22(26)23-18-11-12-18/h2-10,18,21H,11-16H2,1H3,(H,23,26)/t21-/m0/s1. The lowest BCUT2D eigenvalue weighted by Gasteiger charge is -2.40. The van der Waals surface area contributed by atoms with Crippen molar-refractivity contribution in [1.82, 2.24) is 10.2 Å². The highest BCUT2D eigenvalue weighted by molar-refractivity contribution is 5.83. The van der Waals surface area contributed by atoms with Gasteiger partial charge in [0, 0.05) is 32.2 Å². The van der Waals surface area contributed by atoms with Gasteiger partial charge in [0.2, 0.25) is 5.91 Å². The van der Waals surface area contributed by atoms with E-state index in [2.05, 4.69) is 33.3 Å². The molecule has 1 saturated heterocycles. The van der Waals surface area contributed by atoms with Crippen LogP contribution in [0.25, 0.3) is 0 Å². The number of nitrogens with one attached hydrogen (secondary N) is 1. The van der Waals surface area contributed by atoms with E-state index in [0.29, 0.717) is 6.04 Å². The highest BCUT2D eigenvalue weighted by atomic mass is 16.5. The molecule has 1 aliphatic heterocycles. The lowest BCUT2D eigenvalue weighted by molar-refractivity contribution is -0.127. The summed E-state index contributed by atoms with van der Waals surface area (Å²) in [6.07, 6.45) is 2.21. The topological polar surface area (TPSA) is 44.8 Å². The summed E-state index contributed by atoms with van der Waals surface area (Å²) in [4.78, 5) is 17.6. The Labute approximate surface area is 160 Å². The van der Waals surface area contributed by atoms with E-state index >= 15 is 0 Å². The first kappa shape index (κ1) is 17.9. The van der Waals surface area contributed by atoms with Crippen LogP contribution >= 0.6 is 0 Å². The van der Waals surface area contributed by atoms with Gasteiger partial charge in [0.25, 0.3) is 0 Å². The molecule has 1 aliphatic carbocycles. The molecule has 5 heteroatoms. The van der Waals surface area contributed by atoms with Crippen LogP contribution in [0, 0.1) is 0 Å². The fourth-order valence-electron chi connectivity index (χ4n) is 3.78. The van der Waals surface area contributed by atoms with Crippen molar-refractivity contribution in [2.75, 3.05) is 38.2 Å². The van der Waals surface area contributed by atoms with Crippen LogP contribution in [0.15, 0.2) is 54.6 Å². The zero-order valence-corrected chi connectivity index (χ0v) is 15.8. The van der Waals surface area contributed by atoms with Gasteiger partial charge in [0.15, 0.2) is 0 Å². The molecular weight excluding hydrogens is 338 g/mol. The van der Waals surface area contributed by atoms with E-state index in [1.165, 1.54) is 0 Å². The molecule has 5 nitrogen and oxygen atoms in total. The molecule has 0 spiro atoms. The zero-order chi connectivity index (χ0) is 18.6. The summed E-state index contributed by atoms with van der Waals surface area (Å²) in [5.41, 5.74) is 2.19. The summed E-state index contributed by atoms with van der Waals surface area (Å²) in [5.74, 6) is 1.03. The van der Waals surface area contributed by atoms with Crippen LogP contribution in [0.3, 0.4) is 0 Å². The second-order valence-corrected chi connectivity index (χ2v) is 7.29. The molecule has 1 saturated carbocycles. The fourth-order valence-corrected chi connectivity index (χ4v) is 3.78. The molecule has 0 unspecified atom stereocenters. The summed E-state index contributed by atoms with van der Waals surface area (Å²) >= 11 is 0. The van der Waals surface area contributed by atoms with Gasteiger partial charge in [-0.15, -0.1) is 0 Å². The van der Waals surface area contributed by atoms with Crippen LogP contribution in [0.4, 0.5) is 5.69 Å². The third-order valence-electron chi connectivity index (χ3n) is 5.39. The van der Waals surface area contributed by atoms with Gasteiger partial charge in [0.05, 0.1) is 12.8 Å². The van der Waals surface area contributed by atoms with Crippen LogP contribution in [0.2, 0.25) is 0 Å². The van der Waals surface area contributed by atoms with Crippen LogP contribution in [0.1, 0.15) is 24.4 Å². The maximum Gasteiger partial charge on any atom is 0.242 e. The van der Waals surface area contributed by atoms with Crippen molar-refractivity contribution >= 4 is 11.6 Å². The number of amides is 1. The van der Waals surface area contributed by atoms with E-state index in [1.54, 1.807) is 7.11 Å². The third kappa shape index (κ3) is 4.08. The smallest absolute Gasteiger partial charge is 0.242 e. The Morgan fingerprint density at radius 2 is 1.67 bits per heavy atom. The number of para-hydroxylation sites is 2. The molecule has 2 fully saturated rings. The fraction of sp³-hybridized carbons (Fsp3) is 0.409. The van der Waals surface area contributed by atoms with E-state index in [9.17, 15) is 4.79 Å². The first-order valence-corrected chi connectivity index (χ1v) is 9.73. The molecule has 4 rings (SSSR count). The quantitative estimate of drug-likeness (QED) is 0.855. The lowest BCUT2D eigenvalue weighted by Crippen LogP contribution is -2.51. The van der Waals surface area contributed by atoms with Gasteiger partial charge in [-0.2, -0.15) is 0 Å². The molecule has 1 amide bonds. The number of benzene rings is 2. The molecule has 0 aromatic heterocycles.